The molecule has 0 spiro atoms. The molecule has 0 aromatic heterocycles. The van der Waals surface area contributed by atoms with Gasteiger partial charge in [-0.1, -0.05) is 90.4 Å². The van der Waals surface area contributed by atoms with Crippen LogP contribution in [0.25, 0.3) is 0 Å². The molecule has 0 rings (SSSR count). The lowest BCUT2D eigenvalue weighted by atomic mass is 9.84. The minimum absolute atomic E-state index is 0.0998. The highest BCUT2D eigenvalue weighted by atomic mass is 19.4. The summed E-state index contributed by atoms with van der Waals surface area (Å²) in [6.07, 6.45) is -3.83. The maximum Gasteiger partial charge on any atom is 0.460 e. The highest BCUT2D eigenvalue weighted by Gasteiger charge is 2.99. The van der Waals surface area contributed by atoms with Gasteiger partial charge in [0.1, 0.15) is 0 Å². The van der Waals surface area contributed by atoms with Crippen molar-refractivity contribution in [3.05, 3.63) is 0 Å². The summed E-state index contributed by atoms with van der Waals surface area (Å²) in [5.74, 6) is -97.6. The van der Waals surface area contributed by atoms with Gasteiger partial charge >= 0.3 is 71.3 Å². The van der Waals surface area contributed by atoms with Crippen LogP contribution in [0.5, 0.6) is 0 Å². The molecule has 53 heavy (non-hydrogen) atoms. The van der Waals surface area contributed by atoms with Gasteiger partial charge in [-0.05, 0) is 6.42 Å². The molecule has 0 nitrogen and oxygen atoms in total. The minimum Gasteiger partial charge on any atom is -0.200 e. The van der Waals surface area contributed by atoms with Crippen molar-refractivity contribution in [2.24, 2.45) is 0 Å². The summed E-state index contributed by atoms with van der Waals surface area (Å²) >= 11 is 0. The standard InChI is InChI=1S/C28H33F25/c1-2-3-4-5-6-7-8-9-10-11-12-13-14-15-16-17(29,30)18(31,32)19(33,34)20(35,36)21(37,38)22(39,40)23(41,42)24(43,44)25(45,46)26(47,48)27(49,50)28(51,52)53/h2-16H2,1H3. The molecular weight excluding hydrogens is 811 g/mol. The van der Waals surface area contributed by atoms with E-state index >= 15 is 0 Å². The van der Waals surface area contributed by atoms with Crippen LogP contribution >= 0.6 is 0 Å². The van der Waals surface area contributed by atoms with Gasteiger partial charge in [0.05, 0.1) is 0 Å². The maximum absolute atomic E-state index is 14.1. The molecule has 0 unspecified atom stereocenters. The number of hydrogen-bond acceptors (Lipinski definition) is 0. The van der Waals surface area contributed by atoms with Gasteiger partial charge in [0.25, 0.3) is 0 Å². The average molecular weight is 845 g/mol. The molecule has 0 saturated heterocycles. The predicted octanol–water partition coefficient (Wildman–Crippen LogP) is 14.4. The number of alkyl halides is 25. The first-order valence-electron chi connectivity index (χ1n) is 15.5. The SMILES string of the molecule is CCCCCCCCCCCCCCCCC(F)(F)C(F)(F)C(F)(F)C(F)(F)C(F)(F)C(F)(F)C(F)(F)C(F)(F)C(F)(F)C(F)(F)C(F)(F)C(F)(F)F. The van der Waals surface area contributed by atoms with Gasteiger partial charge in [-0.2, -0.15) is 110 Å². The Morgan fingerprint density at radius 3 is 0.642 bits per heavy atom. The minimum atomic E-state index is -9.57. The molecular formula is C28H33F25. The summed E-state index contributed by atoms with van der Waals surface area (Å²) in [5.41, 5.74) is 0. The second-order valence-electron chi connectivity index (χ2n) is 12.3. The third-order valence-electron chi connectivity index (χ3n) is 8.21. The molecule has 0 fully saturated rings. The number of hydrogen-bond donors (Lipinski definition) is 0. The Balaban J connectivity index is 6.04. The normalized spacial score (nSPS) is 15.7. The summed E-state index contributed by atoms with van der Waals surface area (Å²) in [6.45, 7) is 2.03. The Labute approximate surface area is 285 Å². The van der Waals surface area contributed by atoms with Crippen LogP contribution in [0, 0.1) is 0 Å². The summed E-state index contributed by atoms with van der Waals surface area (Å²) in [6, 6.07) is 0. The third kappa shape index (κ3) is 8.96. The Kier molecular flexibility index (Phi) is 16.2. The van der Waals surface area contributed by atoms with Crippen molar-refractivity contribution < 1.29 is 110 Å². The van der Waals surface area contributed by atoms with Crippen molar-refractivity contribution in [1.82, 2.24) is 0 Å². The molecule has 0 radical (unpaired) electrons. The smallest absolute Gasteiger partial charge is 0.200 e. The average Bonchev–Trinajstić information content (AvgIpc) is 2.99. The second kappa shape index (κ2) is 16.8. The van der Waals surface area contributed by atoms with Crippen molar-refractivity contribution >= 4 is 0 Å². The van der Waals surface area contributed by atoms with E-state index in [1.807, 2.05) is 6.92 Å². The van der Waals surface area contributed by atoms with Crippen LogP contribution in [-0.4, -0.2) is 71.3 Å². The molecule has 0 atom stereocenters. The van der Waals surface area contributed by atoms with E-state index in [0.717, 1.165) is 51.4 Å². The van der Waals surface area contributed by atoms with Crippen molar-refractivity contribution in [2.75, 3.05) is 0 Å². The third-order valence-corrected chi connectivity index (χ3v) is 8.21. The van der Waals surface area contributed by atoms with Crippen LogP contribution in [0.3, 0.4) is 0 Å². The fourth-order valence-corrected chi connectivity index (χ4v) is 4.68. The van der Waals surface area contributed by atoms with Crippen LogP contribution in [-0.2, 0) is 0 Å². The zero-order valence-electron chi connectivity index (χ0n) is 27.1. The van der Waals surface area contributed by atoms with E-state index in [1.54, 1.807) is 0 Å². The van der Waals surface area contributed by atoms with Crippen molar-refractivity contribution in [2.45, 2.75) is 175 Å². The van der Waals surface area contributed by atoms with E-state index in [2.05, 4.69) is 0 Å². The zero-order valence-corrected chi connectivity index (χ0v) is 27.1. The Morgan fingerprint density at radius 2 is 0.415 bits per heavy atom. The lowest BCUT2D eigenvalue weighted by Crippen LogP contribution is -2.78. The second-order valence-corrected chi connectivity index (χ2v) is 12.3. The van der Waals surface area contributed by atoms with Crippen LogP contribution in [0.1, 0.15) is 103 Å². The summed E-state index contributed by atoms with van der Waals surface area (Å²) in [7, 11) is 0. The topological polar surface area (TPSA) is 0 Å². The lowest BCUT2D eigenvalue weighted by molar-refractivity contribution is -0.482. The lowest BCUT2D eigenvalue weighted by Gasteiger charge is -2.45. The molecule has 0 amide bonds. The fraction of sp³-hybridized carbons (Fsp3) is 1.00. The zero-order chi connectivity index (χ0) is 42.6. The highest BCUT2D eigenvalue weighted by molar-refractivity contribution is 5.19. The van der Waals surface area contributed by atoms with Crippen molar-refractivity contribution in [1.29, 1.82) is 0 Å². The monoisotopic (exact) mass is 844 g/mol. The Morgan fingerprint density at radius 1 is 0.226 bits per heavy atom. The summed E-state index contributed by atoms with van der Waals surface area (Å²) < 4.78 is 339. The molecule has 0 aliphatic carbocycles. The highest BCUT2D eigenvalue weighted by Crippen LogP contribution is 2.68. The first-order valence-corrected chi connectivity index (χ1v) is 15.5. The van der Waals surface area contributed by atoms with Crippen LogP contribution in [0.2, 0.25) is 0 Å². The van der Waals surface area contributed by atoms with Crippen LogP contribution < -0.4 is 0 Å². The van der Waals surface area contributed by atoms with E-state index in [4.69, 9.17) is 0 Å². The van der Waals surface area contributed by atoms with Gasteiger partial charge in [-0.25, -0.2) is 0 Å². The van der Waals surface area contributed by atoms with Crippen molar-refractivity contribution in [3.8, 4) is 0 Å². The van der Waals surface area contributed by atoms with Crippen LogP contribution in [0.15, 0.2) is 0 Å². The van der Waals surface area contributed by atoms with Gasteiger partial charge in [0.2, 0.25) is 0 Å². The molecule has 0 aliphatic rings. The van der Waals surface area contributed by atoms with Gasteiger partial charge in [-0.3, -0.25) is 0 Å². The molecule has 0 heterocycles. The molecule has 0 aliphatic heterocycles. The summed E-state index contributed by atoms with van der Waals surface area (Å²) in [4.78, 5) is 0. The number of halogens is 25. The molecule has 0 N–H and O–H groups in total. The first-order chi connectivity index (χ1) is 23.3. The van der Waals surface area contributed by atoms with E-state index < -0.39 is 90.6 Å². The largest absolute Gasteiger partial charge is 0.460 e. The van der Waals surface area contributed by atoms with Gasteiger partial charge < -0.3 is 0 Å². The van der Waals surface area contributed by atoms with Crippen LogP contribution in [0.4, 0.5) is 110 Å². The Bertz CT molecular complexity index is 1120. The number of unbranched alkanes of at least 4 members (excludes halogenated alkanes) is 13. The van der Waals surface area contributed by atoms with E-state index in [1.165, 1.54) is 0 Å². The molecule has 25 heteroatoms. The number of rotatable bonds is 25. The van der Waals surface area contributed by atoms with E-state index in [-0.39, 0.29) is 12.8 Å². The van der Waals surface area contributed by atoms with E-state index in [0.29, 0.717) is 12.8 Å². The Hall–Kier alpha value is -1.75. The summed E-state index contributed by atoms with van der Waals surface area (Å²) in [5, 5.41) is 0. The maximum atomic E-state index is 14.1. The molecule has 0 bridgehead atoms. The molecule has 0 aromatic rings. The molecule has 0 aromatic carbocycles. The van der Waals surface area contributed by atoms with Crippen molar-refractivity contribution in [3.63, 3.8) is 0 Å². The van der Waals surface area contributed by atoms with E-state index in [9.17, 15) is 110 Å². The van der Waals surface area contributed by atoms with Gasteiger partial charge in [0.15, 0.2) is 0 Å². The molecule has 320 valence electrons. The quantitative estimate of drug-likeness (QED) is 0.0634. The van der Waals surface area contributed by atoms with Gasteiger partial charge in [0, 0.05) is 6.42 Å². The van der Waals surface area contributed by atoms with Gasteiger partial charge in [-0.15, -0.1) is 0 Å². The first kappa shape index (κ1) is 51.2. The molecule has 0 saturated carbocycles. The fourth-order valence-electron chi connectivity index (χ4n) is 4.68. The predicted molar refractivity (Wildman–Crippen MR) is 135 cm³/mol.